The maximum atomic E-state index is 11.1. The van der Waals surface area contributed by atoms with Crippen LogP contribution in [0.25, 0.3) is 0 Å². The van der Waals surface area contributed by atoms with Gasteiger partial charge >= 0.3 is 11.9 Å². The minimum absolute atomic E-state index is 0.0693. The van der Waals surface area contributed by atoms with Crippen molar-refractivity contribution in [2.75, 3.05) is 18.0 Å². The van der Waals surface area contributed by atoms with Crippen LogP contribution in [0.15, 0.2) is 22.7 Å². The van der Waals surface area contributed by atoms with Crippen LogP contribution in [0.3, 0.4) is 0 Å². The van der Waals surface area contributed by atoms with Crippen molar-refractivity contribution in [1.82, 2.24) is 0 Å². The number of morpholine rings is 1. The summed E-state index contributed by atoms with van der Waals surface area (Å²) in [6.07, 6.45) is 0. The summed E-state index contributed by atoms with van der Waals surface area (Å²) in [5, 5.41) is 0.578. The van der Waals surface area contributed by atoms with E-state index in [0.29, 0.717) is 5.02 Å². The number of benzene rings is 1. The quantitative estimate of drug-likeness (QED) is 0.588. The summed E-state index contributed by atoms with van der Waals surface area (Å²) in [5.41, 5.74) is 0.751. The Morgan fingerprint density at radius 3 is 2.44 bits per heavy atom. The number of carbonyl (C=O) groups excluding carboxylic acids is 2. The minimum Gasteiger partial charge on any atom is -0.390 e. The number of anilines is 1. The Morgan fingerprint density at radius 1 is 1.25 bits per heavy atom. The van der Waals surface area contributed by atoms with Gasteiger partial charge in [0.05, 0.1) is 5.02 Å². The molecule has 1 aliphatic heterocycles. The molecule has 6 heteroatoms. The molecule has 0 saturated carbocycles. The zero-order chi connectivity index (χ0) is 11.7. The molecule has 4 nitrogen and oxygen atoms in total. The van der Waals surface area contributed by atoms with Gasteiger partial charge in [-0.25, -0.2) is 9.59 Å². The number of carbonyl (C=O) groups is 2. The summed E-state index contributed by atoms with van der Waals surface area (Å²) in [4.78, 5) is 23.8. The van der Waals surface area contributed by atoms with Crippen molar-refractivity contribution in [3.8, 4) is 0 Å². The Hall–Kier alpha value is -1.07. The van der Waals surface area contributed by atoms with Crippen LogP contribution < -0.4 is 4.90 Å². The van der Waals surface area contributed by atoms with Gasteiger partial charge in [-0.2, -0.15) is 0 Å². The lowest BCUT2D eigenvalue weighted by Crippen LogP contribution is -2.42. The van der Waals surface area contributed by atoms with Gasteiger partial charge in [-0.05, 0) is 34.1 Å². The van der Waals surface area contributed by atoms with Crippen LogP contribution in [-0.4, -0.2) is 25.0 Å². The highest BCUT2D eigenvalue weighted by atomic mass is 79.9. The van der Waals surface area contributed by atoms with Gasteiger partial charge in [0.1, 0.15) is 13.1 Å². The van der Waals surface area contributed by atoms with E-state index in [4.69, 9.17) is 11.6 Å². The zero-order valence-electron chi connectivity index (χ0n) is 8.07. The average Bonchev–Trinajstić information content (AvgIpc) is 2.20. The fraction of sp³-hybridized carbons (Fsp3) is 0.200. The first-order valence-electron chi connectivity index (χ1n) is 4.50. The molecule has 0 bridgehead atoms. The molecule has 0 amide bonds. The second-order valence-corrected chi connectivity index (χ2v) is 4.56. The second kappa shape index (κ2) is 4.43. The summed E-state index contributed by atoms with van der Waals surface area (Å²) in [6.45, 7) is 0.139. The molecule has 2 rings (SSSR count). The molecule has 1 aliphatic rings. The zero-order valence-corrected chi connectivity index (χ0v) is 10.4. The molecule has 1 aromatic rings. The predicted octanol–water partition coefficient (Wildman–Crippen LogP) is 1.99. The first kappa shape index (κ1) is 11.4. The van der Waals surface area contributed by atoms with E-state index < -0.39 is 11.9 Å². The molecule has 1 aromatic carbocycles. The number of ether oxygens (including phenoxy) is 1. The first-order chi connectivity index (χ1) is 7.56. The Morgan fingerprint density at radius 2 is 1.88 bits per heavy atom. The smallest absolute Gasteiger partial charge is 0.333 e. The summed E-state index contributed by atoms with van der Waals surface area (Å²) < 4.78 is 5.16. The van der Waals surface area contributed by atoms with Gasteiger partial charge in [0.15, 0.2) is 0 Å². The van der Waals surface area contributed by atoms with Crippen LogP contribution in [0.1, 0.15) is 0 Å². The lowest BCUT2D eigenvalue weighted by molar-refractivity contribution is -0.160. The van der Waals surface area contributed by atoms with Crippen molar-refractivity contribution in [3.05, 3.63) is 27.7 Å². The monoisotopic (exact) mass is 303 g/mol. The molecule has 1 heterocycles. The van der Waals surface area contributed by atoms with Crippen molar-refractivity contribution < 1.29 is 14.3 Å². The van der Waals surface area contributed by atoms with Crippen molar-refractivity contribution in [2.24, 2.45) is 0 Å². The van der Waals surface area contributed by atoms with Gasteiger partial charge in [0, 0.05) is 10.2 Å². The van der Waals surface area contributed by atoms with Gasteiger partial charge in [-0.3, -0.25) is 0 Å². The van der Waals surface area contributed by atoms with Gasteiger partial charge in [0.25, 0.3) is 0 Å². The maximum absolute atomic E-state index is 11.1. The van der Waals surface area contributed by atoms with E-state index in [1.165, 1.54) is 0 Å². The Bertz CT molecular complexity index is 447. The van der Waals surface area contributed by atoms with E-state index in [9.17, 15) is 9.59 Å². The normalized spacial score (nSPS) is 16.2. The Balaban J connectivity index is 2.26. The number of halogens is 2. The van der Waals surface area contributed by atoms with E-state index in [2.05, 4.69) is 20.7 Å². The fourth-order valence-electron chi connectivity index (χ4n) is 1.42. The third kappa shape index (κ3) is 2.36. The van der Waals surface area contributed by atoms with Crippen LogP contribution in [0.4, 0.5) is 5.69 Å². The number of rotatable bonds is 1. The molecule has 16 heavy (non-hydrogen) atoms. The molecule has 0 spiro atoms. The highest BCUT2D eigenvalue weighted by molar-refractivity contribution is 9.10. The Kier molecular flexibility index (Phi) is 3.16. The molecule has 0 N–H and O–H groups in total. The lowest BCUT2D eigenvalue weighted by Gasteiger charge is -2.26. The van der Waals surface area contributed by atoms with Crippen molar-refractivity contribution >= 4 is 45.2 Å². The van der Waals surface area contributed by atoms with Crippen molar-refractivity contribution in [1.29, 1.82) is 0 Å². The van der Waals surface area contributed by atoms with Gasteiger partial charge in [-0.15, -0.1) is 0 Å². The van der Waals surface area contributed by atoms with Crippen LogP contribution in [0.2, 0.25) is 5.02 Å². The molecule has 0 aromatic heterocycles. The molecule has 1 fully saturated rings. The standard InChI is InChI=1S/C10H7BrClNO3/c11-7-3-6(1-2-8(7)12)13-4-9(14)16-10(15)5-13/h1-3H,4-5H2. The first-order valence-corrected chi connectivity index (χ1v) is 5.67. The average molecular weight is 305 g/mol. The SMILES string of the molecule is O=C1CN(c2ccc(Cl)c(Br)c2)CC(=O)O1. The summed E-state index contributed by atoms with van der Waals surface area (Å²) in [5.74, 6) is -1.08. The number of esters is 2. The van der Waals surface area contributed by atoms with E-state index >= 15 is 0 Å². The maximum Gasteiger partial charge on any atom is 0.333 e. The third-order valence-electron chi connectivity index (χ3n) is 2.14. The van der Waals surface area contributed by atoms with Crippen molar-refractivity contribution in [3.63, 3.8) is 0 Å². The molecule has 0 unspecified atom stereocenters. The highest BCUT2D eigenvalue weighted by Gasteiger charge is 2.25. The lowest BCUT2D eigenvalue weighted by atomic mass is 10.2. The Labute approximate surface area is 105 Å². The van der Waals surface area contributed by atoms with Crippen LogP contribution >= 0.6 is 27.5 Å². The van der Waals surface area contributed by atoms with Crippen LogP contribution in [0, 0.1) is 0 Å². The summed E-state index contributed by atoms with van der Waals surface area (Å²) >= 11 is 9.14. The molecule has 0 radical (unpaired) electrons. The number of hydrogen-bond donors (Lipinski definition) is 0. The number of nitrogens with zero attached hydrogens (tertiary/aromatic N) is 1. The molecule has 84 valence electrons. The number of hydrogen-bond acceptors (Lipinski definition) is 4. The van der Waals surface area contributed by atoms with Gasteiger partial charge in [-0.1, -0.05) is 11.6 Å². The minimum atomic E-state index is -0.540. The topological polar surface area (TPSA) is 46.6 Å². The predicted molar refractivity (Wildman–Crippen MR) is 62.5 cm³/mol. The molecular formula is C10H7BrClNO3. The van der Waals surface area contributed by atoms with Crippen LogP contribution in [0.5, 0.6) is 0 Å². The molecule has 0 atom stereocenters. The van der Waals surface area contributed by atoms with E-state index in [1.807, 2.05) is 0 Å². The van der Waals surface area contributed by atoms with Crippen LogP contribution in [-0.2, 0) is 14.3 Å². The van der Waals surface area contributed by atoms with Crippen molar-refractivity contribution in [2.45, 2.75) is 0 Å². The molecular weight excluding hydrogens is 297 g/mol. The van der Waals surface area contributed by atoms with Gasteiger partial charge in [0.2, 0.25) is 0 Å². The highest BCUT2D eigenvalue weighted by Crippen LogP contribution is 2.28. The summed E-state index contributed by atoms with van der Waals surface area (Å²) in [6, 6.07) is 5.21. The van der Waals surface area contributed by atoms with Gasteiger partial charge < -0.3 is 9.64 Å². The largest absolute Gasteiger partial charge is 0.390 e. The second-order valence-electron chi connectivity index (χ2n) is 3.30. The number of cyclic esters (lactones) is 2. The fourth-order valence-corrected chi connectivity index (χ4v) is 1.91. The van der Waals surface area contributed by atoms with E-state index in [0.717, 1.165) is 10.2 Å². The third-order valence-corrected chi connectivity index (χ3v) is 3.35. The molecule has 0 aliphatic carbocycles. The molecule has 1 saturated heterocycles. The van der Waals surface area contributed by atoms with E-state index in [1.54, 1.807) is 23.1 Å². The summed E-state index contributed by atoms with van der Waals surface area (Å²) in [7, 11) is 0. The van der Waals surface area contributed by atoms with E-state index in [-0.39, 0.29) is 13.1 Å².